The van der Waals surface area contributed by atoms with E-state index in [0.29, 0.717) is 11.1 Å². The van der Waals surface area contributed by atoms with Crippen molar-refractivity contribution in [2.24, 2.45) is 7.05 Å². The normalized spacial score (nSPS) is 10.8. The van der Waals surface area contributed by atoms with E-state index in [1.54, 1.807) is 19.1 Å². The van der Waals surface area contributed by atoms with Gasteiger partial charge in [-0.1, -0.05) is 12.1 Å². The Labute approximate surface area is 181 Å². The minimum Gasteiger partial charge on any atom is -0.443 e. The molecule has 0 bridgehead atoms. The van der Waals surface area contributed by atoms with Crippen molar-refractivity contribution in [2.45, 2.75) is 13.5 Å². The van der Waals surface area contributed by atoms with Crippen LogP contribution in [0.5, 0.6) is 0 Å². The van der Waals surface area contributed by atoms with Crippen LogP contribution in [0.25, 0.3) is 23.0 Å². The van der Waals surface area contributed by atoms with Gasteiger partial charge in [0.25, 0.3) is 11.5 Å². The third-order valence-electron chi connectivity index (χ3n) is 4.75. The second-order valence-electron chi connectivity index (χ2n) is 6.89. The van der Waals surface area contributed by atoms with E-state index in [0.717, 1.165) is 4.68 Å². The second-order valence-corrected chi connectivity index (χ2v) is 6.89. The van der Waals surface area contributed by atoms with Crippen LogP contribution < -0.4 is 16.6 Å². The monoisotopic (exact) mass is 435 g/mol. The molecule has 32 heavy (non-hydrogen) atoms. The van der Waals surface area contributed by atoms with Crippen LogP contribution in [0.1, 0.15) is 21.6 Å². The van der Waals surface area contributed by atoms with E-state index in [1.807, 2.05) is 0 Å². The maximum atomic E-state index is 14.1. The second kappa shape index (κ2) is 8.38. The van der Waals surface area contributed by atoms with Gasteiger partial charge in [0.2, 0.25) is 5.89 Å². The Morgan fingerprint density at radius 3 is 2.72 bits per heavy atom. The first kappa shape index (κ1) is 20.8. The number of nitrogens with one attached hydrogen (secondary N) is 1. The highest BCUT2D eigenvalue weighted by Gasteiger charge is 2.23. The molecule has 4 aromatic rings. The zero-order valence-corrected chi connectivity index (χ0v) is 17.2. The van der Waals surface area contributed by atoms with Crippen molar-refractivity contribution in [3.8, 4) is 23.0 Å². The lowest BCUT2D eigenvalue weighted by atomic mass is 10.1. The van der Waals surface area contributed by atoms with Crippen LogP contribution >= 0.6 is 0 Å². The van der Waals surface area contributed by atoms with E-state index >= 15 is 0 Å². The molecule has 0 atom stereocenters. The number of aryl methyl sites for hydroxylation is 2. The highest BCUT2D eigenvalue weighted by atomic mass is 19.1. The lowest BCUT2D eigenvalue weighted by Crippen LogP contribution is -2.27. The number of amides is 1. The molecular weight excluding hydrogens is 417 g/mol. The van der Waals surface area contributed by atoms with Gasteiger partial charge in [-0.3, -0.25) is 9.59 Å². The van der Waals surface area contributed by atoms with Crippen LogP contribution in [0.4, 0.5) is 10.2 Å². The Morgan fingerprint density at radius 1 is 1.22 bits per heavy atom. The van der Waals surface area contributed by atoms with E-state index in [9.17, 15) is 14.0 Å². The molecule has 0 fully saturated rings. The zero-order chi connectivity index (χ0) is 22.8. The Kier molecular flexibility index (Phi) is 5.46. The summed E-state index contributed by atoms with van der Waals surface area (Å²) >= 11 is 0. The number of halogens is 1. The average molecular weight is 435 g/mol. The largest absolute Gasteiger partial charge is 0.443 e. The fourth-order valence-electron chi connectivity index (χ4n) is 3.05. The molecule has 0 aliphatic rings. The van der Waals surface area contributed by atoms with Gasteiger partial charge in [-0.15, -0.1) is 0 Å². The maximum absolute atomic E-state index is 14.1. The molecule has 1 amide bonds. The first-order valence-electron chi connectivity index (χ1n) is 9.49. The van der Waals surface area contributed by atoms with E-state index in [-0.39, 0.29) is 46.6 Å². The van der Waals surface area contributed by atoms with Crippen LogP contribution in [0.2, 0.25) is 0 Å². The van der Waals surface area contributed by atoms with Crippen molar-refractivity contribution in [3.63, 3.8) is 0 Å². The summed E-state index contributed by atoms with van der Waals surface area (Å²) < 4.78 is 20.5. The van der Waals surface area contributed by atoms with E-state index in [1.165, 1.54) is 37.7 Å². The molecule has 0 radical (unpaired) electrons. The molecule has 3 aromatic heterocycles. The Balaban J connectivity index is 1.75. The quantitative estimate of drug-likeness (QED) is 0.484. The molecule has 0 spiro atoms. The van der Waals surface area contributed by atoms with E-state index in [4.69, 9.17) is 10.2 Å². The predicted molar refractivity (Wildman–Crippen MR) is 113 cm³/mol. The van der Waals surface area contributed by atoms with Gasteiger partial charge in [-0.2, -0.15) is 5.10 Å². The van der Waals surface area contributed by atoms with Crippen molar-refractivity contribution in [2.75, 3.05) is 5.73 Å². The molecule has 10 nitrogen and oxygen atoms in total. The summed E-state index contributed by atoms with van der Waals surface area (Å²) in [5.74, 6) is -1.14. The van der Waals surface area contributed by atoms with Crippen molar-refractivity contribution in [1.82, 2.24) is 30.0 Å². The van der Waals surface area contributed by atoms with Crippen LogP contribution in [0.15, 0.2) is 52.0 Å². The Morgan fingerprint density at radius 2 is 2.03 bits per heavy atom. The molecule has 0 aliphatic carbocycles. The number of nitrogens with two attached hydrogens (primary N) is 1. The SMILES string of the molecule is Cc1cccc(F)c1CNC(=O)c1nc(-c2ccc(=O)n(C)n2)c(-c2ncco2)nc1N. The molecule has 0 saturated carbocycles. The number of hydrogen-bond donors (Lipinski definition) is 2. The zero-order valence-electron chi connectivity index (χ0n) is 17.2. The third-order valence-corrected chi connectivity index (χ3v) is 4.75. The number of benzene rings is 1. The van der Waals surface area contributed by atoms with Gasteiger partial charge < -0.3 is 15.5 Å². The van der Waals surface area contributed by atoms with Crippen molar-refractivity contribution < 1.29 is 13.6 Å². The first-order valence-corrected chi connectivity index (χ1v) is 9.49. The lowest BCUT2D eigenvalue weighted by molar-refractivity contribution is 0.0946. The number of aromatic nitrogens is 5. The summed E-state index contributed by atoms with van der Waals surface area (Å²) in [6, 6.07) is 7.40. The number of nitrogen functional groups attached to an aromatic ring is 1. The van der Waals surface area contributed by atoms with Gasteiger partial charge in [0.15, 0.2) is 17.2 Å². The Hall–Kier alpha value is -4.41. The number of rotatable bonds is 5. The van der Waals surface area contributed by atoms with Crippen molar-refractivity contribution in [3.05, 3.63) is 75.8 Å². The highest BCUT2D eigenvalue weighted by molar-refractivity contribution is 5.97. The maximum Gasteiger partial charge on any atom is 0.274 e. The molecule has 11 heteroatoms. The third kappa shape index (κ3) is 3.95. The minimum atomic E-state index is -0.650. The number of hydrogen-bond acceptors (Lipinski definition) is 8. The molecule has 3 heterocycles. The predicted octanol–water partition coefficient (Wildman–Crippen LogP) is 1.85. The molecule has 1 aromatic carbocycles. The first-order chi connectivity index (χ1) is 15.3. The topological polar surface area (TPSA) is 142 Å². The highest BCUT2D eigenvalue weighted by Crippen LogP contribution is 2.28. The smallest absolute Gasteiger partial charge is 0.274 e. The van der Waals surface area contributed by atoms with Gasteiger partial charge in [-0.25, -0.2) is 24.0 Å². The number of nitrogens with zero attached hydrogens (tertiary/aromatic N) is 5. The minimum absolute atomic E-state index is 0.0621. The van der Waals surface area contributed by atoms with Gasteiger partial charge in [0.1, 0.15) is 23.5 Å². The summed E-state index contributed by atoms with van der Waals surface area (Å²) in [6.07, 6.45) is 2.77. The molecule has 162 valence electrons. The fourth-order valence-corrected chi connectivity index (χ4v) is 3.05. The summed E-state index contributed by atoms with van der Waals surface area (Å²) in [4.78, 5) is 37.2. The van der Waals surface area contributed by atoms with E-state index < -0.39 is 11.7 Å². The summed E-state index contributed by atoms with van der Waals surface area (Å²) in [5.41, 5.74) is 7.09. The average Bonchev–Trinajstić information content (AvgIpc) is 3.30. The summed E-state index contributed by atoms with van der Waals surface area (Å²) in [7, 11) is 1.48. The number of carbonyl (C=O) groups is 1. The lowest BCUT2D eigenvalue weighted by Gasteiger charge is -2.12. The summed E-state index contributed by atoms with van der Waals surface area (Å²) in [6.45, 7) is 1.68. The fraction of sp³-hybridized carbons (Fsp3) is 0.143. The van der Waals surface area contributed by atoms with Crippen molar-refractivity contribution >= 4 is 11.7 Å². The number of oxazole rings is 1. The van der Waals surface area contributed by atoms with Gasteiger partial charge in [0, 0.05) is 25.2 Å². The molecule has 0 unspecified atom stereocenters. The van der Waals surface area contributed by atoms with Crippen LogP contribution in [-0.4, -0.2) is 30.6 Å². The number of carbonyl (C=O) groups excluding carboxylic acids is 1. The summed E-state index contributed by atoms with van der Waals surface area (Å²) in [5, 5.41) is 6.79. The Bertz CT molecular complexity index is 1350. The van der Waals surface area contributed by atoms with Crippen molar-refractivity contribution in [1.29, 1.82) is 0 Å². The number of anilines is 1. The van der Waals surface area contributed by atoms with E-state index in [2.05, 4.69) is 25.4 Å². The van der Waals surface area contributed by atoms with Crippen LogP contribution in [0, 0.1) is 12.7 Å². The molecular formula is C21H18FN7O3. The van der Waals surface area contributed by atoms with Crippen LogP contribution in [0.3, 0.4) is 0 Å². The molecule has 0 aliphatic heterocycles. The molecule has 4 rings (SSSR count). The van der Waals surface area contributed by atoms with Gasteiger partial charge in [-0.05, 0) is 24.6 Å². The van der Waals surface area contributed by atoms with Gasteiger partial charge >= 0.3 is 0 Å². The molecule has 3 N–H and O–H groups in total. The van der Waals surface area contributed by atoms with Crippen LogP contribution in [-0.2, 0) is 13.6 Å². The van der Waals surface area contributed by atoms with Gasteiger partial charge in [0.05, 0.1) is 6.20 Å². The molecule has 0 saturated heterocycles. The standard InChI is InChI=1S/C21H18FN7O3/c1-11-4-3-5-13(22)12(11)10-25-20(31)18-19(23)27-17(21-24-8-9-32-21)16(26-18)14-6-7-15(30)29(2)28-14/h3-9H,10H2,1-2H3,(H2,23,27)(H,25,31).